The minimum atomic E-state index is -0.783. The number of carbonyl (C=O) groups is 4. The maximum Gasteiger partial charge on any atom is 0.317 e. The van der Waals surface area contributed by atoms with Crippen molar-refractivity contribution in [2.45, 2.75) is 78.8 Å². The van der Waals surface area contributed by atoms with Gasteiger partial charge in [0.2, 0.25) is 0 Å². The standard InChI is InChI=1S/C16H26O8/c1-9(2)21-13(17)7-15(19)23-11(5)12(6)24-16(20)8-14(18)22-10(3)4/h9-12H,7-8H2,1-6H3/t11-,12-/m1/s1. The van der Waals surface area contributed by atoms with Crippen molar-refractivity contribution in [2.75, 3.05) is 0 Å². The summed E-state index contributed by atoms with van der Waals surface area (Å²) in [5.74, 6) is -2.95. The Bertz CT molecular complexity index is 413. The van der Waals surface area contributed by atoms with E-state index in [1.54, 1.807) is 27.7 Å². The third-order valence-corrected chi connectivity index (χ3v) is 2.61. The molecule has 8 heteroatoms. The Labute approximate surface area is 141 Å². The molecule has 0 aromatic carbocycles. The Balaban J connectivity index is 4.24. The maximum absolute atomic E-state index is 11.6. The van der Waals surface area contributed by atoms with Crippen LogP contribution < -0.4 is 0 Å². The lowest BCUT2D eigenvalue weighted by Crippen LogP contribution is -2.32. The van der Waals surface area contributed by atoms with E-state index in [1.165, 1.54) is 13.8 Å². The van der Waals surface area contributed by atoms with E-state index in [4.69, 9.17) is 18.9 Å². The lowest BCUT2D eigenvalue weighted by atomic mass is 10.2. The third-order valence-electron chi connectivity index (χ3n) is 2.61. The van der Waals surface area contributed by atoms with Crippen LogP contribution in [-0.2, 0) is 38.1 Å². The van der Waals surface area contributed by atoms with Crippen molar-refractivity contribution in [1.29, 1.82) is 0 Å². The van der Waals surface area contributed by atoms with Crippen LogP contribution in [-0.4, -0.2) is 48.3 Å². The normalized spacial score (nSPS) is 13.2. The summed E-state index contributed by atoms with van der Waals surface area (Å²) in [6.45, 7) is 9.68. The monoisotopic (exact) mass is 346 g/mol. The zero-order chi connectivity index (χ0) is 18.9. The fourth-order valence-electron chi connectivity index (χ4n) is 1.53. The molecule has 0 aromatic rings. The topological polar surface area (TPSA) is 105 Å². The van der Waals surface area contributed by atoms with E-state index in [-0.39, 0.29) is 12.2 Å². The van der Waals surface area contributed by atoms with E-state index in [0.717, 1.165) is 0 Å². The second-order valence-electron chi connectivity index (χ2n) is 5.82. The van der Waals surface area contributed by atoms with E-state index in [2.05, 4.69) is 0 Å². The predicted octanol–water partition coefficient (Wildman–Crippen LogP) is 1.53. The largest absolute Gasteiger partial charge is 0.463 e. The maximum atomic E-state index is 11.6. The number of esters is 4. The predicted molar refractivity (Wildman–Crippen MR) is 82.8 cm³/mol. The highest BCUT2D eigenvalue weighted by molar-refractivity contribution is 5.92. The van der Waals surface area contributed by atoms with Gasteiger partial charge in [-0.05, 0) is 41.5 Å². The molecule has 0 amide bonds. The van der Waals surface area contributed by atoms with Crippen molar-refractivity contribution in [1.82, 2.24) is 0 Å². The van der Waals surface area contributed by atoms with Crippen molar-refractivity contribution in [3.05, 3.63) is 0 Å². The first-order valence-corrected chi connectivity index (χ1v) is 7.79. The first kappa shape index (κ1) is 21.9. The van der Waals surface area contributed by atoms with Crippen LogP contribution in [0.25, 0.3) is 0 Å². The van der Waals surface area contributed by atoms with Crippen LogP contribution in [0.1, 0.15) is 54.4 Å². The van der Waals surface area contributed by atoms with Gasteiger partial charge in [0.25, 0.3) is 0 Å². The number of ether oxygens (including phenoxy) is 4. The van der Waals surface area contributed by atoms with E-state index in [9.17, 15) is 19.2 Å². The molecule has 0 aliphatic carbocycles. The van der Waals surface area contributed by atoms with Crippen molar-refractivity contribution in [3.8, 4) is 0 Å². The molecule has 0 unspecified atom stereocenters. The van der Waals surface area contributed by atoms with Gasteiger partial charge >= 0.3 is 23.9 Å². The van der Waals surface area contributed by atoms with Gasteiger partial charge in [-0.3, -0.25) is 19.2 Å². The molecule has 0 aromatic heterocycles. The molecule has 0 aliphatic heterocycles. The summed E-state index contributed by atoms with van der Waals surface area (Å²) in [6, 6.07) is 0. The second-order valence-corrected chi connectivity index (χ2v) is 5.82. The summed E-state index contributed by atoms with van der Waals surface area (Å²) in [5, 5.41) is 0. The minimum Gasteiger partial charge on any atom is -0.463 e. The summed E-state index contributed by atoms with van der Waals surface area (Å²) < 4.78 is 19.7. The zero-order valence-corrected chi connectivity index (χ0v) is 15.0. The molecule has 0 rings (SSSR count). The Morgan fingerprint density at radius 1 is 0.542 bits per heavy atom. The number of rotatable bonds is 9. The Morgan fingerprint density at radius 3 is 1.04 bits per heavy atom. The molecular formula is C16H26O8. The van der Waals surface area contributed by atoms with Crippen LogP contribution in [0.3, 0.4) is 0 Å². The molecule has 0 bridgehead atoms. The van der Waals surface area contributed by atoms with Crippen molar-refractivity contribution < 1.29 is 38.1 Å². The number of hydrogen-bond acceptors (Lipinski definition) is 8. The van der Waals surface area contributed by atoms with E-state index in [0.29, 0.717) is 0 Å². The molecule has 8 nitrogen and oxygen atoms in total. The summed E-state index contributed by atoms with van der Waals surface area (Å²) >= 11 is 0. The van der Waals surface area contributed by atoms with E-state index >= 15 is 0 Å². The van der Waals surface area contributed by atoms with Crippen molar-refractivity contribution >= 4 is 23.9 Å². The van der Waals surface area contributed by atoms with Crippen LogP contribution in [0.4, 0.5) is 0 Å². The van der Waals surface area contributed by atoms with Gasteiger partial charge in [0, 0.05) is 0 Å². The molecule has 0 aliphatic rings. The molecule has 0 heterocycles. The number of carbonyl (C=O) groups excluding carboxylic acids is 4. The van der Waals surface area contributed by atoms with Crippen LogP contribution in [0.2, 0.25) is 0 Å². The summed E-state index contributed by atoms with van der Waals surface area (Å²) in [4.78, 5) is 45.9. The van der Waals surface area contributed by atoms with Gasteiger partial charge in [0.05, 0.1) is 12.2 Å². The Morgan fingerprint density at radius 2 is 0.792 bits per heavy atom. The lowest BCUT2D eigenvalue weighted by molar-refractivity contribution is -0.172. The quantitative estimate of drug-likeness (QED) is 0.352. The molecule has 0 spiro atoms. The molecule has 24 heavy (non-hydrogen) atoms. The lowest BCUT2D eigenvalue weighted by Gasteiger charge is -2.20. The van der Waals surface area contributed by atoms with Gasteiger partial charge in [-0.25, -0.2) is 0 Å². The van der Waals surface area contributed by atoms with Gasteiger partial charge < -0.3 is 18.9 Å². The van der Waals surface area contributed by atoms with Crippen LogP contribution in [0.5, 0.6) is 0 Å². The van der Waals surface area contributed by atoms with Gasteiger partial charge in [-0.1, -0.05) is 0 Å². The highest BCUT2D eigenvalue weighted by Crippen LogP contribution is 2.08. The van der Waals surface area contributed by atoms with Gasteiger partial charge in [0.1, 0.15) is 25.0 Å². The van der Waals surface area contributed by atoms with Gasteiger partial charge in [-0.15, -0.1) is 0 Å². The smallest absolute Gasteiger partial charge is 0.317 e. The molecule has 0 saturated carbocycles. The van der Waals surface area contributed by atoms with E-state index < -0.39 is 48.9 Å². The fraction of sp³-hybridized carbons (Fsp3) is 0.750. The zero-order valence-electron chi connectivity index (χ0n) is 15.0. The number of hydrogen-bond donors (Lipinski definition) is 0. The van der Waals surface area contributed by atoms with Gasteiger partial charge in [-0.2, -0.15) is 0 Å². The summed E-state index contributed by atoms with van der Waals surface area (Å²) in [5.41, 5.74) is 0. The first-order valence-electron chi connectivity index (χ1n) is 7.79. The van der Waals surface area contributed by atoms with Crippen LogP contribution in [0.15, 0.2) is 0 Å². The Hall–Kier alpha value is -2.12. The molecule has 0 N–H and O–H groups in total. The molecule has 0 fully saturated rings. The van der Waals surface area contributed by atoms with E-state index in [1.807, 2.05) is 0 Å². The fourth-order valence-corrected chi connectivity index (χ4v) is 1.53. The highest BCUT2D eigenvalue weighted by Gasteiger charge is 2.24. The molecule has 0 saturated heterocycles. The highest BCUT2D eigenvalue weighted by atomic mass is 16.6. The molecule has 138 valence electrons. The second kappa shape index (κ2) is 10.6. The van der Waals surface area contributed by atoms with Crippen LogP contribution in [0, 0.1) is 0 Å². The molecule has 0 radical (unpaired) electrons. The average Bonchev–Trinajstić information content (AvgIpc) is 2.35. The minimum absolute atomic E-state index is 0.326. The van der Waals surface area contributed by atoms with Gasteiger partial charge in [0.15, 0.2) is 0 Å². The average molecular weight is 346 g/mol. The SMILES string of the molecule is CC(C)OC(=O)CC(=O)O[C@H](C)[C@@H](C)OC(=O)CC(=O)OC(C)C. The van der Waals surface area contributed by atoms with Crippen molar-refractivity contribution in [3.63, 3.8) is 0 Å². The molecular weight excluding hydrogens is 320 g/mol. The van der Waals surface area contributed by atoms with Crippen LogP contribution >= 0.6 is 0 Å². The Kier molecular flexibility index (Phi) is 9.68. The molecule has 2 atom stereocenters. The first-order chi connectivity index (χ1) is 11.0. The third kappa shape index (κ3) is 10.6. The summed E-state index contributed by atoms with van der Waals surface area (Å²) in [7, 11) is 0. The van der Waals surface area contributed by atoms with Crippen molar-refractivity contribution in [2.24, 2.45) is 0 Å². The summed E-state index contributed by atoms with van der Waals surface area (Å²) in [6.07, 6.45) is -3.27.